The molecule has 0 bridgehead atoms. The molecule has 2 heterocycles. The number of aliphatic hydroxyl groups is 1. The second-order valence-electron chi connectivity index (χ2n) is 10.6. The van der Waals surface area contributed by atoms with Crippen molar-refractivity contribution < 1.29 is 33.5 Å². The van der Waals surface area contributed by atoms with Crippen LogP contribution in [0.3, 0.4) is 0 Å². The van der Waals surface area contributed by atoms with Gasteiger partial charge in [0.2, 0.25) is 0 Å². The van der Waals surface area contributed by atoms with Gasteiger partial charge in [0.15, 0.2) is 0 Å². The number of ether oxygens (including phenoxy) is 6. The molecule has 39 heavy (non-hydrogen) atoms. The Morgan fingerprint density at radius 2 is 1.44 bits per heavy atom. The number of hydrogen-bond acceptors (Lipinski definition) is 7. The molecule has 224 valence electrons. The van der Waals surface area contributed by atoms with Crippen LogP contribution >= 0.6 is 11.6 Å². The smallest absolute Gasteiger partial charge is 0.141 e. The quantitative estimate of drug-likeness (QED) is 0.188. The molecular weight excluding hydrogens is 520 g/mol. The largest absolute Gasteiger partial charge is 0.491 e. The van der Waals surface area contributed by atoms with Crippen molar-refractivity contribution in [2.45, 2.75) is 123 Å². The van der Waals surface area contributed by atoms with E-state index in [0.29, 0.717) is 56.0 Å². The molecule has 1 fully saturated rings. The number of aliphatic hydroxyl groups excluding tert-OH is 1. The molecule has 2 aliphatic rings. The van der Waals surface area contributed by atoms with E-state index in [2.05, 4.69) is 27.7 Å². The second-order valence-corrected chi connectivity index (χ2v) is 11.0. The van der Waals surface area contributed by atoms with Gasteiger partial charge in [0, 0.05) is 44.0 Å². The highest BCUT2D eigenvalue weighted by Gasteiger charge is 2.49. The first-order valence-electron chi connectivity index (χ1n) is 15.3. The fraction of sp³-hybridized carbons (Fsp3) is 0.806. The number of unbranched alkanes of at least 4 members (excludes halogenated alkanes) is 4. The second kappa shape index (κ2) is 17.8. The van der Waals surface area contributed by atoms with Crippen molar-refractivity contribution in [3.63, 3.8) is 0 Å². The molecule has 1 aromatic rings. The van der Waals surface area contributed by atoms with Gasteiger partial charge in [0.05, 0.1) is 24.8 Å². The molecule has 1 aromatic carbocycles. The number of fused-ring (bicyclic) bond motifs is 1. The third-order valence-electron chi connectivity index (χ3n) is 7.49. The first-order valence-corrected chi connectivity index (χ1v) is 15.6. The number of rotatable bonds is 19. The third-order valence-corrected chi connectivity index (χ3v) is 7.91. The van der Waals surface area contributed by atoms with Gasteiger partial charge in [-0.05, 0) is 37.3 Å². The first kappa shape index (κ1) is 32.6. The van der Waals surface area contributed by atoms with Crippen LogP contribution in [0.15, 0.2) is 6.07 Å². The summed E-state index contributed by atoms with van der Waals surface area (Å²) in [6, 6.07) is 1.97. The summed E-state index contributed by atoms with van der Waals surface area (Å²) in [6.45, 7) is 12.0. The summed E-state index contributed by atoms with van der Waals surface area (Å²) in [5.41, 5.74) is 2.60. The van der Waals surface area contributed by atoms with Gasteiger partial charge in [-0.3, -0.25) is 0 Å². The van der Waals surface area contributed by atoms with E-state index >= 15 is 0 Å². The van der Waals surface area contributed by atoms with Gasteiger partial charge in [0.1, 0.15) is 36.3 Å². The molecule has 7 nitrogen and oxygen atoms in total. The molecule has 5 atom stereocenters. The molecule has 0 aliphatic carbocycles. The van der Waals surface area contributed by atoms with Crippen LogP contribution in [0.1, 0.15) is 102 Å². The summed E-state index contributed by atoms with van der Waals surface area (Å²) in [7, 11) is 0. The maximum atomic E-state index is 10.1. The molecule has 3 rings (SSSR count). The molecule has 0 radical (unpaired) electrons. The van der Waals surface area contributed by atoms with Crippen LogP contribution in [0.4, 0.5) is 0 Å². The lowest BCUT2D eigenvalue weighted by Gasteiger charge is -2.47. The fourth-order valence-corrected chi connectivity index (χ4v) is 5.47. The zero-order valence-electron chi connectivity index (χ0n) is 24.6. The zero-order valence-corrected chi connectivity index (χ0v) is 25.3. The third kappa shape index (κ3) is 8.78. The highest BCUT2D eigenvalue weighted by atomic mass is 35.5. The van der Waals surface area contributed by atoms with Gasteiger partial charge < -0.3 is 33.5 Å². The normalized spacial score (nSPS) is 24.6. The SMILES string of the molecule is CCCCOC[C@H]1O[C@@H](c2cc(CO)c(Cl)c3c2CCO3)[C@H](OCCCC)[C@@H](OCCCC)[C@@H]1OCCCC. The van der Waals surface area contributed by atoms with E-state index in [-0.39, 0.29) is 31.0 Å². The molecule has 1 saturated heterocycles. The Labute approximate surface area is 240 Å². The predicted octanol–water partition coefficient (Wildman–Crippen LogP) is 6.58. The Morgan fingerprint density at radius 3 is 2.05 bits per heavy atom. The van der Waals surface area contributed by atoms with Crippen molar-refractivity contribution in [3.05, 3.63) is 27.8 Å². The Kier molecular flexibility index (Phi) is 14.9. The maximum absolute atomic E-state index is 10.1. The molecule has 1 N–H and O–H groups in total. The topological polar surface area (TPSA) is 75.6 Å². The van der Waals surface area contributed by atoms with Gasteiger partial charge in [-0.1, -0.05) is 65.0 Å². The van der Waals surface area contributed by atoms with Crippen molar-refractivity contribution in [2.75, 3.05) is 39.6 Å². The summed E-state index contributed by atoms with van der Waals surface area (Å²) >= 11 is 6.62. The maximum Gasteiger partial charge on any atom is 0.141 e. The average molecular weight is 571 g/mol. The molecule has 0 spiro atoms. The van der Waals surface area contributed by atoms with Gasteiger partial charge >= 0.3 is 0 Å². The summed E-state index contributed by atoms with van der Waals surface area (Å²) in [6.07, 6.45) is 7.01. The number of halogens is 1. The van der Waals surface area contributed by atoms with E-state index in [4.69, 9.17) is 40.0 Å². The summed E-state index contributed by atoms with van der Waals surface area (Å²) in [5.74, 6) is 0.648. The summed E-state index contributed by atoms with van der Waals surface area (Å²) in [5, 5.41) is 10.6. The monoisotopic (exact) mass is 570 g/mol. The van der Waals surface area contributed by atoms with Gasteiger partial charge in [0.25, 0.3) is 0 Å². The average Bonchev–Trinajstić information content (AvgIpc) is 3.44. The van der Waals surface area contributed by atoms with Gasteiger partial charge in [-0.25, -0.2) is 0 Å². The van der Waals surface area contributed by atoms with Crippen LogP contribution in [-0.2, 0) is 36.7 Å². The first-order chi connectivity index (χ1) is 19.1. The van der Waals surface area contributed by atoms with Crippen LogP contribution in [0.5, 0.6) is 5.75 Å². The summed E-state index contributed by atoms with van der Waals surface area (Å²) in [4.78, 5) is 0. The Bertz CT molecular complexity index is 836. The fourth-order valence-electron chi connectivity index (χ4n) is 5.19. The minimum atomic E-state index is -0.433. The molecule has 2 aliphatic heterocycles. The van der Waals surface area contributed by atoms with Crippen LogP contribution in [0.25, 0.3) is 0 Å². The van der Waals surface area contributed by atoms with E-state index in [1.54, 1.807) is 0 Å². The van der Waals surface area contributed by atoms with Gasteiger partial charge in [-0.15, -0.1) is 0 Å². The van der Waals surface area contributed by atoms with Crippen molar-refractivity contribution in [1.82, 2.24) is 0 Å². The molecule has 0 aromatic heterocycles. The lowest BCUT2D eigenvalue weighted by molar-refractivity contribution is -0.268. The Balaban J connectivity index is 2.03. The van der Waals surface area contributed by atoms with Crippen molar-refractivity contribution in [3.8, 4) is 5.75 Å². The van der Waals surface area contributed by atoms with E-state index < -0.39 is 6.10 Å². The van der Waals surface area contributed by atoms with Crippen LogP contribution < -0.4 is 4.74 Å². The zero-order chi connectivity index (χ0) is 28.0. The highest BCUT2D eigenvalue weighted by molar-refractivity contribution is 6.33. The van der Waals surface area contributed by atoms with E-state index in [1.807, 2.05) is 6.07 Å². The molecule has 0 saturated carbocycles. The van der Waals surface area contributed by atoms with Crippen LogP contribution in [0.2, 0.25) is 5.02 Å². The highest BCUT2D eigenvalue weighted by Crippen LogP contribution is 2.45. The lowest BCUT2D eigenvalue weighted by Crippen LogP contribution is -2.58. The minimum absolute atomic E-state index is 0.181. The Morgan fingerprint density at radius 1 is 0.846 bits per heavy atom. The predicted molar refractivity (Wildman–Crippen MR) is 154 cm³/mol. The van der Waals surface area contributed by atoms with Crippen molar-refractivity contribution in [1.29, 1.82) is 0 Å². The molecule has 0 unspecified atom stereocenters. The van der Waals surface area contributed by atoms with E-state index in [1.165, 1.54) is 0 Å². The van der Waals surface area contributed by atoms with E-state index in [0.717, 1.165) is 68.9 Å². The van der Waals surface area contributed by atoms with Gasteiger partial charge in [-0.2, -0.15) is 0 Å². The number of hydrogen-bond donors (Lipinski definition) is 1. The van der Waals surface area contributed by atoms with E-state index in [9.17, 15) is 5.11 Å². The molecule has 0 amide bonds. The molecular formula is C31H51ClO7. The van der Waals surface area contributed by atoms with Crippen LogP contribution in [0, 0.1) is 0 Å². The molecule has 8 heteroatoms. The summed E-state index contributed by atoms with van der Waals surface area (Å²) < 4.78 is 38.7. The minimum Gasteiger partial charge on any atom is -0.491 e. The number of benzene rings is 1. The Hall–Kier alpha value is -0.930. The lowest BCUT2D eigenvalue weighted by atomic mass is 9.87. The standard InChI is InChI=1S/C31H51ClO7/c1-5-9-14-34-21-25-29(35-15-10-6-2)31(37-17-12-8-4)30(36-16-11-7-3)28(39-25)24-19-22(20-33)26(32)27-23(24)13-18-38-27/h19,25,28-31,33H,5-18,20-21H2,1-4H3/t25-,28+,29-,30+,31+/m1/s1. The van der Waals surface area contributed by atoms with Crippen molar-refractivity contribution in [2.24, 2.45) is 0 Å². The van der Waals surface area contributed by atoms with Crippen molar-refractivity contribution >= 4 is 11.6 Å². The van der Waals surface area contributed by atoms with Crippen LogP contribution in [-0.4, -0.2) is 69.2 Å².